The molecule has 14 nitrogen and oxygen atoms in total. The van der Waals surface area contributed by atoms with Crippen molar-refractivity contribution in [2.75, 3.05) is 0 Å². The molecule has 10 aromatic rings. The number of phenolic OH excluding ortho intramolecular Hbond substituents is 2. The SMILES string of the molecule is CC(C)C(C)c1ncnn1-c1[c-]cccc1.CCC(C)c1c(F)cc(O)c(-c2nc(C)sc2C)c1F.CCC(C)c1nc(-c2ccccc2O)c(C(C)CC)o1.CCC(C)c1nc[c-]n1-c1ccccn1.Cn1nc(-c2[c-]cc(F)cc2F)nc1CC(C)(C)C.[Ir].[Ir].[Ni].[Pd].[Pd]. The van der Waals surface area contributed by atoms with E-state index in [4.69, 9.17) is 4.42 Å². The molecule has 2 N–H and O–H groups in total. The van der Waals surface area contributed by atoms with E-state index in [2.05, 4.69) is 142 Å². The van der Waals surface area contributed by atoms with Crippen LogP contribution in [0.3, 0.4) is 0 Å². The van der Waals surface area contributed by atoms with Gasteiger partial charge in [0.15, 0.2) is 5.89 Å². The van der Waals surface area contributed by atoms with Gasteiger partial charge in [-0.3, -0.25) is 18.4 Å². The second kappa shape index (κ2) is 41.3. The topological polar surface area (TPSA) is 172 Å². The fourth-order valence-corrected chi connectivity index (χ4v) is 10.0. The largest absolute Gasteiger partial charge is 0.507 e. The second-order valence-electron chi connectivity index (χ2n) is 24.0. The Bertz CT molecular complexity index is 3890. The molecule has 2 radical (unpaired) electrons. The van der Waals surface area contributed by atoms with Gasteiger partial charge in [0.2, 0.25) is 0 Å². The van der Waals surface area contributed by atoms with Crippen LogP contribution in [-0.2, 0) is 111 Å². The fourth-order valence-electron chi connectivity index (χ4n) is 9.19. The first-order valence-electron chi connectivity index (χ1n) is 30.7. The smallest absolute Gasteiger partial charge is 0.197 e. The molecule has 5 unspecified atom stereocenters. The van der Waals surface area contributed by atoms with Crippen molar-refractivity contribution in [3.8, 4) is 56.9 Å². The summed E-state index contributed by atoms with van der Waals surface area (Å²) >= 11 is 1.42. The number of aromatic hydroxyl groups is 2. The summed E-state index contributed by atoms with van der Waals surface area (Å²) in [7, 11) is 1.76. The van der Waals surface area contributed by atoms with Crippen LogP contribution < -0.4 is 0 Å². The van der Waals surface area contributed by atoms with Crippen LogP contribution in [0.5, 0.6) is 11.5 Å². The fraction of sp³-hybridized carbons (Fsp3) is 0.408. The van der Waals surface area contributed by atoms with Crippen LogP contribution >= 0.6 is 11.3 Å². The Morgan fingerprint density at radius 2 is 1.34 bits per heavy atom. The van der Waals surface area contributed by atoms with E-state index in [0.29, 0.717) is 29.9 Å². The Morgan fingerprint density at radius 3 is 1.89 bits per heavy atom. The van der Waals surface area contributed by atoms with E-state index >= 15 is 0 Å². The van der Waals surface area contributed by atoms with E-state index in [9.17, 15) is 27.8 Å². The molecule has 0 saturated carbocycles. The predicted octanol–water partition coefficient (Wildman–Crippen LogP) is 18.5. The number of aromatic nitrogens is 11. The number of thiazole rings is 1. The molecular weight excluding hydrogens is 1820 g/mol. The average Bonchev–Trinajstić information content (AvgIpc) is 1.79. The summed E-state index contributed by atoms with van der Waals surface area (Å²) in [5.41, 5.74) is 3.05. The third-order valence-electron chi connectivity index (χ3n) is 15.5. The molecule has 10 rings (SSSR count). The molecule has 0 aliphatic heterocycles. The van der Waals surface area contributed by atoms with E-state index in [1.54, 1.807) is 43.4 Å². The van der Waals surface area contributed by atoms with Crippen molar-refractivity contribution in [1.29, 1.82) is 0 Å². The minimum atomic E-state index is -0.706. The maximum atomic E-state index is 14.7. The van der Waals surface area contributed by atoms with Crippen molar-refractivity contribution in [1.82, 2.24) is 54.0 Å². The summed E-state index contributed by atoms with van der Waals surface area (Å²) in [5, 5.41) is 29.2. The number of imidazole rings is 1. The molecule has 0 aliphatic carbocycles. The standard InChI is InChI=1S/C17H23NO2.C15H17F2NOS.C14H16F2N3.C13H16N3.C12H14N3.2Ir.Ni.2Pd/c1-5-11(3)16-15(13-9-7-8-10-14(13)19)18-17(20-16)12(4)6-2;1-5-7(2)12-10(16)6-11(19)13(14(12)17)15-8(3)20-9(4)18-15;1-14(2,3)8-12-17-13(18-19(12)4)10-6-5-9(15)7-11(10)16;1-10(2)11(3)13-14-9-15-16(13)12-7-5-4-6-8-12;1-3-10(2)12-14-8-9-15(12)11-6-4-5-7-13-11;;;;;/h7-12,19H,5-6H2,1-4H3;6-7,19H,5H2,1-4H3;5,7H,8H2,1-4H3;4-7,9-11H,1-3H3;4-8,10H,3H2,1-2H3;;;;;/q;;3*-1;;;;;. The van der Waals surface area contributed by atoms with Crippen molar-refractivity contribution in [2.45, 2.75) is 172 Å². The molecule has 5 atom stereocenters. The van der Waals surface area contributed by atoms with Gasteiger partial charge in [0.05, 0.1) is 22.1 Å². The van der Waals surface area contributed by atoms with Crippen LogP contribution in [0.15, 0.2) is 108 Å². The van der Waals surface area contributed by atoms with Gasteiger partial charge in [-0.05, 0) is 86.4 Å². The Balaban J connectivity index is 0.000000588. The molecule has 4 aromatic carbocycles. The van der Waals surface area contributed by atoms with Crippen molar-refractivity contribution in [3.63, 3.8) is 0 Å². The van der Waals surface area contributed by atoms with Gasteiger partial charge < -0.3 is 29.2 Å². The second-order valence-corrected chi connectivity index (χ2v) is 25.4. The van der Waals surface area contributed by atoms with Gasteiger partial charge in [-0.2, -0.15) is 29.4 Å². The summed E-state index contributed by atoms with van der Waals surface area (Å²) in [4.78, 5) is 27.0. The van der Waals surface area contributed by atoms with E-state index in [-0.39, 0.29) is 149 Å². The van der Waals surface area contributed by atoms with Gasteiger partial charge in [-0.15, -0.1) is 29.5 Å². The van der Waals surface area contributed by atoms with Crippen molar-refractivity contribution in [3.05, 3.63) is 190 Å². The quantitative estimate of drug-likeness (QED) is 0.0536. The van der Waals surface area contributed by atoms with Gasteiger partial charge in [0.25, 0.3) is 0 Å². The predicted molar refractivity (Wildman–Crippen MR) is 349 cm³/mol. The molecule has 0 saturated heterocycles. The molecule has 24 heteroatoms. The number of phenols is 2. The zero-order valence-corrected chi connectivity index (χ0v) is 66.3. The number of oxazole rings is 1. The van der Waals surface area contributed by atoms with Crippen molar-refractivity contribution < 1.29 is 130 Å². The van der Waals surface area contributed by atoms with Crippen LogP contribution in [0.4, 0.5) is 17.6 Å². The number of para-hydroxylation sites is 2. The number of rotatable bonds is 16. The minimum Gasteiger partial charge on any atom is -0.507 e. The number of aryl methyl sites for hydroxylation is 3. The molecule has 0 bridgehead atoms. The van der Waals surface area contributed by atoms with Crippen LogP contribution in [0.1, 0.15) is 197 Å². The van der Waals surface area contributed by atoms with Crippen LogP contribution in [-0.4, -0.2) is 64.2 Å². The first-order chi connectivity index (χ1) is 42.7. The van der Waals surface area contributed by atoms with Gasteiger partial charge >= 0.3 is 0 Å². The first kappa shape index (κ1) is 87.8. The monoisotopic (exact) mass is 1900 g/mol. The molecule has 0 spiro atoms. The zero-order valence-electron chi connectivity index (χ0n) is 56.6. The number of nitrogens with zero attached hydrogens (tertiary/aromatic N) is 11. The number of pyridine rings is 1. The molecule has 6 heterocycles. The summed E-state index contributed by atoms with van der Waals surface area (Å²) in [6.07, 6.45) is 12.5. The van der Waals surface area contributed by atoms with Gasteiger partial charge in [0.1, 0.15) is 52.6 Å². The van der Waals surface area contributed by atoms with Gasteiger partial charge in [-0.1, -0.05) is 145 Å². The summed E-state index contributed by atoms with van der Waals surface area (Å²) in [6, 6.07) is 29.5. The Kier molecular flexibility index (Phi) is 38.1. The summed E-state index contributed by atoms with van der Waals surface area (Å²) < 4.78 is 66.5. The van der Waals surface area contributed by atoms with Crippen molar-refractivity contribution >= 4 is 11.3 Å². The number of halogens is 4. The molecule has 6 aromatic heterocycles. The van der Waals surface area contributed by atoms with Crippen LogP contribution in [0.25, 0.3) is 45.4 Å². The van der Waals surface area contributed by atoms with Gasteiger partial charge in [0, 0.05) is 180 Å². The van der Waals surface area contributed by atoms with E-state index in [0.717, 1.165) is 106 Å². The van der Waals surface area contributed by atoms with E-state index < -0.39 is 29.0 Å². The molecular formula is C71H86F4Ir2N11NiO3Pd2S-3. The maximum absolute atomic E-state index is 14.7. The van der Waals surface area contributed by atoms with E-state index in [1.165, 1.54) is 11.3 Å². The summed E-state index contributed by atoms with van der Waals surface area (Å²) in [5.74, 6) is 4.31. The minimum absolute atomic E-state index is 0. The Labute approximate surface area is 627 Å². The molecule has 0 fully saturated rings. The van der Waals surface area contributed by atoms with Crippen LogP contribution in [0, 0.1) is 66.8 Å². The van der Waals surface area contributed by atoms with Gasteiger partial charge in [-0.25, -0.2) is 33.5 Å². The average molecular weight is 1910 g/mol. The number of hydrogen-bond donors (Lipinski definition) is 2. The third kappa shape index (κ3) is 23.8. The Hall–Kier alpha value is -5.20. The van der Waals surface area contributed by atoms with Crippen molar-refractivity contribution in [2.24, 2.45) is 18.4 Å². The Morgan fingerprint density at radius 1 is 0.695 bits per heavy atom. The van der Waals surface area contributed by atoms with Crippen LogP contribution in [0.2, 0.25) is 0 Å². The zero-order chi connectivity index (χ0) is 66.1. The maximum Gasteiger partial charge on any atom is 0.197 e. The van der Waals surface area contributed by atoms with E-state index in [1.807, 2.05) is 90.7 Å². The number of hydrogen-bond acceptors (Lipinski definition) is 12. The molecule has 528 valence electrons. The molecule has 0 amide bonds. The first-order valence-corrected chi connectivity index (χ1v) is 31.5. The normalized spacial score (nSPS) is 12.2. The number of benzene rings is 4. The molecule has 0 aliphatic rings. The summed E-state index contributed by atoms with van der Waals surface area (Å²) in [6.45, 7) is 32.9. The third-order valence-corrected chi connectivity index (χ3v) is 16.4. The molecule has 95 heavy (non-hydrogen) atoms.